The monoisotopic (exact) mass is 646 g/mol. The molecule has 0 radical (unpaired) electrons. The van der Waals surface area contributed by atoms with Gasteiger partial charge in [0.1, 0.15) is 11.5 Å². The molecule has 0 saturated carbocycles. The third kappa shape index (κ3) is 4.35. The van der Waals surface area contributed by atoms with Gasteiger partial charge in [-0.05, 0) is 118 Å². The van der Waals surface area contributed by atoms with Gasteiger partial charge in [-0.2, -0.15) is 0 Å². The highest BCUT2D eigenvalue weighted by Gasteiger charge is 2.22. The number of hydrogen-bond donors (Lipinski definition) is 0. The summed E-state index contributed by atoms with van der Waals surface area (Å²) in [5.74, 6) is 1.81. The maximum atomic E-state index is 6.46. The second kappa shape index (κ2) is 10.9. The average molecular weight is 647 g/mol. The molecule has 51 heavy (non-hydrogen) atoms. The van der Waals surface area contributed by atoms with Gasteiger partial charge in [-0.25, -0.2) is 0 Å². The fourth-order valence-corrected chi connectivity index (χ4v) is 8.38. The summed E-state index contributed by atoms with van der Waals surface area (Å²) < 4.78 is 6.46. The zero-order chi connectivity index (χ0) is 33.5. The molecule has 0 fully saturated rings. The molecule has 0 aromatic heterocycles. The van der Waals surface area contributed by atoms with E-state index in [1.54, 1.807) is 0 Å². The Morgan fingerprint density at radius 1 is 0.255 bits per heavy atom. The van der Waals surface area contributed by atoms with Gasteiger partial charge >= 0.3 is 0 Å². The Morgan fingerprint density at radius 2 is 0.804 bits per heavy atom. The summed E-state index contributed by atoms with van der Waals surface area (Å²) in [6.45, 7) is 0. The molecule has 0 N–H and O–H groups in total. The number of rotatable bonds is 4. The molecule has 1 nitrogen and oxygen atoms in total. The zero-order valence-corrected chi connectivity index (χ0v) is 27.7. The summed E-state index contributed by atoms with van der Waals surface area (Å²) in [5, 5.41) is 10.2. The Kier molecular flexibility index (Phi) is 6.02. The van der Waals surface area contributed by atoms with Gasteiger partial charge in [-0.3, -0.25) is 0 Å². The molecule has 1 heteroatoms. The van der Waals surface area contributed by atoms with Crippen molar-refractivity contribution >= 4 is 43.1 Å². The van der Waals surface area contributed by atoms with Crippen molar-refractivity contribution in [2.24, 2.45) is 0 Å². The smallest absolute Gasteiger partial charge is 0.135 e. The van der Waals surface area contributed by atoms with E-state index in [0.717, 1.165) is 17.1 Å². The molecule has 0 spiro atoms. The summed E-state index contributed by atoms with van der Waals surface area (Å²) >= 11 is 0. The minimum Gasteiger partial charge on any atom is -0.456 e. The quantitative estimate of drug-likeness (QED) is 0.173. The maximum Gasteiger partial charge on any atom is 0.135 e. The van der Waals surface area contributed by atoms with Crippen LogP contribution in [0.25, 0.3) is 98.7 Å². The zero-order valence-electron chi connectivity index (χ0n) is 27.7. The lowest BCUT2D eigenvalue weighted by atomic mass is 9.87. The molecule has 236 valence electrons. The van der Waals surface area contributed by atoms with E-state index in [4.69, 9.17) is 4.74 Å². The van der Waals surface area contributed by atoms with Gasteiger partial charge in [-0.1, -0.05) is 152 Å². The highest BCUT2D eigenvalue weighted by Crippen LogP contribution is 2.49. The third-order valence-electron chi connectivity index (χ3n) is 10.8. The number of benzene rings is 10. The van der Waals surface area contributed by atoms with Crippen LogP contribution in [0.2, 0.25) is 0 Å². The van der Waals surface area contributed by atoms with E-state index < -0.39 is 0 Å². The van der Waals surface area contributed by atoms with E-state index >= 15 is 0 Å². The Labute approximate surface area is 296 Å². The largest absolute Gasteiger partial charge is 0.456 e. The number of fused-ring (bicyclic) bond motifs is 2. The Morgan fingerprint density at radius 3 is 1.49 bits per heavy atom. The van der Waals surface area contributed by atoms with Crippen LogP contribution in [-0.4, -0.2) is 0 Å². The average Bonchev–Trinajstić information content (AvgIpc) is 3.20. The topological polar surface area (TPSA) is 9.23 Å². The van der Waals surface area contributed by atoms with E-state index in [-0.39, 0.29) is 0 Å². The van der Waals surface area contributed by atoms with E-state index in [1.165, 1.54) is 93.2 Å². The standard InChI is InChI=1S/C50H30O/c1-3-8-31(9-4-1)37-22-27-46-44(29-37)45-30-39(28-38-12-7-13-47(51-46)48(38)45)32-14-16-34(17-15-32)41-24-19-36-20-25-42-40(33-10-5-2-6-11-33)23-18-35-21-26-43(41)50(36)49(35)42/h1-30H. The molecule has 11 rings (SSSR count). The van der Waals surface area contributed by atoms with Crippen molar-refractivity contribution in [1.82, 2.24) is 0 Å². The molecular formula is C50H30O. The highest BCUT2D eigenvalue weighted by molar-refractivity contribution is 6.27. The van der Waals surface area contributed by atoms with Gasteiger partial charge in [0.05, 0.1) is 0 Å². The van der Waals surface area contributed by atoms with Crippen molar-refractivity contribution in [2.75, 3.05) is 0 Å². The van der Waals surface area contributed by atoms with Crippen LogP contribution in [-0.2, 0) is 0 Å². The van der Waals surface area contributed by atoms with Crippen LogP contribution in [0.5, 0.6) is 11.5 Å². The lowest BCUT2D eigenvalue weighted by Gasteiger charge is -2.23. The van der Waals surface area contributed by atoms with Crippen LogP contribution in [0.3, 0.4) is 0 Å². The summed E-state index contributed by atoms with van der Waals surface area (Å²) in [6.07, 6.45) is 0. The highest BCUT2D eigenvalue weighted by atomic mass is 16.5. The lowest BCUT2D eigenvalue weighted by molar-refractivity contribution is 0.487. The van der Waals surface area contributed by atoms with E-state index in [9.17, 15) is 0 Å². The molecule has 1 heterocycles. The maximum absolute atomic E-state index is 6.46. The molecular weight excluding hydrogens is 617 g/mol. The Balaban J connectivity index is 1.03. The van der Waals surface area contributed by atoms with Gasteiger partial charge in [0.15, 0.2) is 0 Å². The molecule has 0 aliphatic carbocycles. The Bertz CT molecular complexity index is 2960. The summed E-state index contributed by atoms with van der Waals surface area (Å²) in [4.78, 5) is 0. The molecule has 0 amide bonds. The molecule has 1 aliphatic rings. The predicted octanol–water partition coefficient (Wildman–Crippen LogP) is 14.2. The third-order valence-corrected chi connectivity index (χ3v) is 10.8. The van der Waals surface area contributed by atoms with Gasteiger partial charge in [0.2, 0.25) is 0 Å². The normalized spacial score (nSPS) is 12.1. The minimum absolute atomic E-state index is 0.895. The van der Waals surface area contributed by atoms with Crippen LogP contribution in [0.4, 0.5) is 0 Å². The van der Waals surface area contributed by atoms with E-state index in [1.807, 2.05) is 0 Å². The molecule has 0 atom stereocenters. The molecule has 1 aliphatic heterocycles. The lowest BCUT2D eigenvalue weighted by Crippen LogP contribution is -1.98. The first kappa shape index (κ1) is 28.2. The first-order chi connectivity index (χ1) is 25.3. The first-order valence-electron chi connectivity index (χ1n) is 17.6. The minimum atomic E-state index is 0.895. The summed E-state index contributed by atoms with van der Waals surface area (Å²) in [5.41, 5.74) is 12.1. The van der Waals surface area contributed by atoms with Crippen molar-refractivity contribution in [2.45, 2.75) is 0 Å². The SMILES string of the molecule is c1ccc(-c2ccc3c(c2)-c2cc(-c4ccc(-c5ccc6ccc7c(-c8ccccc8)ccc8ccc5c6c87)cc4)cc4cccc(c24)O3)cc1. The summed E-state index contributed by atoms with van der Waals surface area (Å²) in [7, 11) is 0. The van der Waals surface area contributed by atoms with E-state index in [0.29, 0.717) is 0 Å². The van der Waals surface area contributed by atoms with Gasteiger partial charge in [0.25, 0.3) is 0 Å². The van der Waals surface area contributed by atoms with Crippen LogP contribution in [0.15, 0.2) is 182 Å². The van der Waals surface area contributed by atoms with Crippen molar-refractivity contribution < 1.29 is 4.74 Å². The first-order valence-corrected chi connectivity index (χ1v) is 17.6. The van der Waals surface area contributed by atoms with Crippen LogP contribution in [0.1, 0.15) is 0 Å². The van der Waals surface area contributed by atoms with Crippen molar-refractivity contribution in [3.63, 3.8) is 0 Å². The number of ether oxygens (including phenoxy) is 1. The van der Waals surface area contributed by atoms with Crippen LogP contribution in [0, 0.1) is 0 Å². The Hall–Kier alpha value is -6.70. The summed E-state index contributed by atoms with van der Waals surface area (Å²) in [6, 6.07) is 66.3. The molecule has 10 aromatic carbocycles. The van der Waals surface area contributed by atoms with Crippen molar-refractivity contribution in [3.8, 4) is 67.1 Å². The van der Waals surface area contributed by atoms with Crippen LogP contribution >= 0.6 is 0 Å². The molecule has 0 unspecified atom stereocenters. The number of hydrogen-bond acceptors (Lipinski definition) is 1. The molecule has 0 bridgehead atoms. The predicted molar refractivity (Wildman–Crippen MR) is 215 cm³/mol. The van der Waals surface area contributed by atoms with Crippen LogP contribution < -0.4 is 4.74 Å². The second-order valence-corrected chi connectivity index (χ2v) is 13.6. The molecule has 0 saturated heterocycles. The molecule has 10 aromatic rings. The van der Waals surface area contributed by atoms with Crippen molar-refractivity contribution in [1.29, 1.82) is 0 Å². The second-order valence-electron chi connectivity index (χ2n) is 13.6. The van der Waals surface area contributed by atoms with Gasteiger partial charge in [-0.15, -0.1) is 0 Å². The van der Waals surface area contributed by atoms with Gasteiger partial charge in [0, 0.05) is 10.9 Å². The van der Waals surface area contributed by atoms with Gasteiger partial charge < -0.3 is 4.74 Å². The fraction of sp³-hybridized carbons (Fsp3) is 0. The van der Waals surface area contributed by atoms with E-state index in [2.05, 4.69) is 182 Å². The fourth-order valence-electron chi connectivity index (χ4n) is 8.38. The van der Waals surface area contributed by atoms with Crippen molar-refractivity contribution in [3.05, 3.63) is 182 Å².